The number of nitrogens with zero attached hydrogens (tertiary/aromatic N) is 1. The van der Waals surface area contributed by atoms with E-state index in [1.165, 1.54) is 19.3 Å². The molecule has 1 aromatic heterocycles. The third kappa shape index (κ3) is 8.81. The van der Waals surface area contributed by atoms with E-state index in [0.717, 1.165) is 5.92 Å². The molecule has 1 amide bonds. The maximum Gasteiger partial charge on any atom is 0.269 e. The summed E-state index contributed by atoms with van der Waals surface area (Å²) in [5.41, 5.74) is 2.02. The molecular weight excluding hydrogens is 286 g/mol. The normalized spacial score (nSPS) is 15.8. The van der Waals surface area contributed by atoms with Crippen LogP contribution in [0.25, 0.3) is 0 Å². The summed E-state index contributed by atoms with van der Waals surface area (Å²) in [7, 11) is 1.77. The average Bonchev–Trinajstić information content (AvgIpc) is 2.60. The van der Waals surface area contributed by atoms with Crippen molar-refractivity contribution in [3.63, 3.8) is 0 Å². The summed E-state index contributed by atoms with van der Waals surface area (Å²) in [6, 6.07) is 5.29. The Morgan fingerprint density at radius 3 is 2.57 bits per heavy atom. The Labute approximate surface area is 141 Å². The first kappa shape index (κ1) is 20.9. The van der Waals surface area contributed by atoms with Crippen molar-refractivity contribution in [2.75, 3.05) is 18.9 Å². The molecule has 0 fully saturated rings. The van der Waals surface area contributed by atoms with Gasteiger partial charge in [-0.3, -0.25) is 4.79 Å². The van der Waals surface area contributed by atoms with Gasteiger partial charge < -0.3 is 10.6 Å². The molecule has 23 heavy (non-hydrogen) atoms. The van der Waals surface area contributed by atoms with Crippen molar-refractivity contribution in [1.29, 1.82) is 0 Å². The maximum absolute atomic E-state index is 11.3. The van der Waals surface area contributed by atoms with Gasteiger partial charge >= 0.3 is 0 Å². The zero-order chi connectivity index (χ0) is 17.7. The number of amides is 1. The van der Waals surface area contributed by atoms with E-state index in [0.29, 0.717) is 18.1 Å². The molecule has 1 heterocycles. The number of hydrogen-bond acceptors (Lipinski definition) is 3. The van der Waals surface area contributed by atoms with E-state index in [1.54, 1.807) is 24.8 Å². The number of carbonyl (C=O) groups is 1. The van der Waals surface area contributed by atoms with Crippen molar-refractivity contribution in [3.05, 3.63) is 48.7 Å². The first-order chi connectivity index (χ1) is 11.1. The molecule has 0 aliphatic heterocycles. The van der Waals surface area contributed by atoms with Gasteiger partial charge in [-0.05, 0) is 51.2 Å². The molecule has 0 bridgehead atoms. The number of allylic oxidation sites excluding steroid dienone is 2. The topological polar surface area (TPSA) is 54.0 Å². The van der Waals surface area contributed by atoms with E-state index in [-0.39, 0.29) is 5.91 Å². The summed E-state index contributed by atoms with van der Waals surface area (Å²) in [4.78, 5) is 15.4. The fourth-order valence-electron chi connectivity index (χ4n) is 2.05. The van der Waals surface area contributed by atoms with E-state index in [2.05, 4.69) is 48.7 Å². The minimum absolute atomic E-state index is 0.139. The third-order valence-electron chi connectivity index (χ3n) is 3.48. The predicted octanol–water partition coefficient (Wildman–Crippen LogP) is 4.43. The standard InChI is InChI=1S/C9H13N3O.C8H14.C2H4/c1-3-11-9(13)7-5-4-6-8(10-2)12-7;1-7-3-5-8(2)6-4-7;1-2/h4-6H,3H2,1-2H3,(H,10,12)(H,11,13);3,8H,4-6H2,1-2H3;1-2H2. The molecule has 2 N–H and O–H groups in total. The maximum atomic E-state index is 11.3. The zero-order valence-corrected chi connectivity index (χ0v) is 15.0. The van der Waals surface area contributed by atoms with Gasteiger partial charge in [-0.1, -0.05) is 24.6 Å². The van der Waals surface area contributed by atoms with Crippen molar-refractivity contribution >= 4 is 11.7 Å². The highest BCUT2D eigenvalue weighted by atomic mass is 16.1. The van der Waals surface area contributed by atoms with E-state index in [4.69, 9.17) is 0 Å². The van der Waals surface area contributed by atoms with Gasteiger partial charge in [-0.15, -0.1) is 13.2 Å². The molecule has 0 radical (unpaired) electrons. The number of pyridine rings is 1. The fraction of sp³-hybridized carbons (Fsp3) is 0.474. The molecule has 1 aromatic rings. The van der Waals surface area contributed by atoms with E-state index in [1.807, 2.05) is 13.0 Å². The number of aromatic nitrogens is 1. The molecule has 1 unspecified atom stereocenters. The molecule has 1 aliphatic rings. The van der Waals surface area contributed by atoms with Gasteiger partial charge in [0.05, 0.1) is 0 Å². The van der Waals surface area contributed by atoms with E-state index >= 15 is 0 Å². The summed E-state index contributed by atoms with van der Waals surface area (Å²) in [6.07, 6.45) is 6.42. The van der Waals surface area contributed by atoms with Crippen molar-refractivity contribution in [2.45, 2.75) is 40.0 Å². The monoisotopic (exact) mass is 317 g/mol. The minimum atomic E-state index is -0.139. The Kier molecular flexibility index (Phi) is 11.3. The highest BCUT2D eigenvalue weighted by Crippen LogP contribution is 2.21. The molecule has 0 spiro atoms. The Balaban J connectivity index is 0.000000414. The quantitative estimate of drug-likeness (QED) is 0.811. The molecular formula is C19H31N3O. The Hall–Kier alpha value is -2.10. The molecule has 1 atom stereocenters. The van der Waals surface area contributed by atoms with Crippen molar-refractivity contribution < 1.29 is 4.79 Å². The molecule has 0 saturated heterocycles. The second-order valence-corrected chi connectivity index (χ2v) is 5.45. The van der Waals surface area contributed by atoms with Crippen LogP contribution in [-0.2, 0) is 0 Å². The fourth-order valence-corrected chi connectivity index (χ4v) is 2.05. The van der Waals surface area contributed by atoms with Gasteiger partial charge in [0.25, 0.3) is 5.91 Å². The summed E-state index contributed by atoms with van der Waals surface area (Å²) < 4.78 is 0. The van der Waals surface area contributed by atoms with E-state index in [9.17, 15) is 4.79 Å². The van der Waals surface area contributed by atoms with Crippen LogP contribution in [0.15, 0.2) is 43.0 Å². The van der Waals surface area contributed by atoms with Crippen molar-refractivity contribution in [2.24, 2.45) is 5.92 Å². The van der Waals surface area contributed by atoms with Gasteiger partial charge in [-0.25, -0.2) is 4.98 Å². The number of nitrogens with one attached hydrogen (secondary N) is 2. The molecule has 4 nitrogen and oxygen atoms in total. The zero-order valence-electron chi connectivity index (χ0n) is 15.0. The summed E-state index contributed by atoms with van der Waals surface area (Å²) >= 11 is 0. The first-order valence-corrected chi connectivity index (χ1v) is 8.15. The lowest BCUT2D eigenvalue weighted by molar-refractivity contribution is 0.0951. The second kappa shape index (κ2) is 12.4. The van der Waals surface area contributed by atoms with Crippen LogP contribution in [-0.4, -0.2) is 24.5 Å². The smallest absolute Gasteiger partial charge is 0.269 e. The SMILES string of the molecule is C=C.CC1=CCC(C)CC1.CCNC(=O)c1cccc(NC)n1. The molecule has 1 aliphatic carbocycles. The van der Waals surface area contributed by atoms with E-state index < -0.39 is 0 Å². The van der Waals surface area contributed by atoms with Crippen LogP contribution in [0.2, 0.25) is 0 Å². The van der Waals surface area contributed by atoms with Gasteiger partial charge in [-0.2, -0.15) is 0 Å². The average molecular weight is 317 g/mol. The van der Waals surface area contributed by atoms with Crippen LogP contribution < -0.4 is 10.6 Å². The summed E-state index contributed by atoms with van der Waals surface area (Å²) in [5.74, 6) is 1.50. The molecule has 4 heteroatoms. The predicted molar refractivity (Wildman–Crippen MR) is 99.8 cm³/mol. The minimum Gasteiger partial charge on any atom is -0.373 e. The van der Waals surface area contributed by atoms with Crippen molar-refractivity contribution in [3.8, 4) is 0 Å². The lowest BCUT2D eigenvalue weighted by atomic mass is 9.92. The van der Waals surface area contributed by atoms with Crippen LogP contribution in [0.3, 0.4) is 0 Å². The second-order valence-electron chi connectivity index (χ2n) is 5.45. The highest BCUT2D eigenvalue weighted by Gasteiger charge is 2.05. The lowest BCUT2D eigenvalue weighted by Crippen LogP contribution is -2.23. The molecule has 128 valence electrons. The van der Waals surface area contributed by atoms with Gasteiger partial charge in [0.1, 0.15) is 11.5 Å². The van der Waals surface area contributed by atoms with Crippen LogP contribution in [0, 0.1) is 5.92 Å². The van der Waals surface area contributed by atoms with Crippen LogP contribution >= 0.6 is 0 Å². The number of carbonyl (C=O) groups excluding carboxylic acids is 1. The van der Waals surface area contributed by atoms with Gasteiger partial charge in [0.2, 0.25) is 0 Å². The van der Waals surface area contributed by atoms with Gasteiger partial charge in [0.15, 0.2) is 0 Å². The van der Waals surface area contributed by atoms with Crippen LogP contribution in [0.4, 0.5) is 5.82 Å². The third-order valence-corrected chi connectivity index (χ3v) is 3.48. The number of rotatable bonds is 3. The molecule has 2 rings (SSSR count). The Morgan fingerprint density at radius 2 is 2.09 bits per heavy atom. The Morgan fingerprint density at radius 1 is 1.39 bits per heavy atom. The van der Waals surface area contributed by atoms with Crippen LogP contribution in [0.1, 0.15) is 50.5 Å². The summed E-state index contributed by atoms with van der Waals surface area (Å²) in [6.45, 7) is 13.0. The molecule has 0 aromatic carbocycles. The van der Waals surface area contributed by atoms with Gasteiger partial charge in [0, 0.05) is 13.6 Å². The number of hydrogen-bond donors (Lipinski definition) is 2. The van der Waals surface area contributed by atoms with Crippen LogP contribution in [0.5, 0.6) is 0 Å². The lowest BCUT2D eigenvalue weighted by Gasteiger charge is -2.14. The largest absolute Gasteiger partial charge is 0.373 e. The summed E-state index contributed by atoms with van der Waals surface area (Å²) in [5, 5.41) is 5.56. The Bertz CT molecular complexity index is 497. The molecule has 0 saturated carbocycles. The highest BCUT2D eigenvalue weighted by molar-refractivity contribution is 5.92. The number of anilines is 1. The first-order valence-electron chi connectivity index (χ1n) is 8.15. The van der Waals surface area contributed by atoms with Crippen molar-refractivity contribution in [1.82, 2.24) is 10.3 Å².